The van der Waals surface area contributed by atoms with Crippen LogP contribution in [0.1, 0.15) is 23.5 Å². The van der Waals surface area contributed by atoms with Gasteiger partial charge in [0, 0.05) is 17.8 Å². The summed E-state index contributed by atoms with van der Waals surface area (Å²) in [7, 11) is 0. The largest absolute Gasteiger partial charge is 0.416 e. The molecule has 4 N–H and O–H groups in total. The van der Waals surface area contributed by atoms with Crippen LogP contribution in [0.2, 0.25) is 0 Å². The second-order valence-electron chi connectivity index (χ2n) is 7.18. The average molecular weight is 461 g/mol. The van der Waals surface area contributed by atoms with Crippen molar-refractivity contribution < 1.29 is 27.2 Å². The molecule has 1 atom stereocenters. The predicted molar refractivity (Wildman–Crippen MR) is 111 cm³/mol. The lowest BCUT2D eigenvalue weighted by atomic mass is 9.92. The highest BCUT2D eigenvalue weighted by Gasteiger charge is 2.35. The monoisotopic (exact) mass is 461 g/mol. The third-order valence-corrected chi connectivity index (χ3v) is 4.81. The first-order chi connectivity index (χ1) is 15.6. The molecule has 3 aromatic rings. The van der Waals surface area contributed by atoms with Crippen LogP contribution in [0.4, 0.5) is 40.7 Å². The molecular weight excluding hydrogens is 446 g/mol. The first-order valence-electron chi connectivity index (χ1n) is 9.55. The fourth-order valence-corrected chi connectivity index (χ4v) is 3.36. The van der Waals surface area contributed by atoms with E-state index in [4.69, 9.17) is 0 Å². The number of anilines is 4. The van der Waals surface area contributed by atoms with Crippen LogP contribution in [0.25, 0.3) is 0 Å². The Morgan fingerprint density at radius 2 is 1.79 bits per heavy atom. The normalized spacial score (nSPS) is 15.4. The molecule has 1 unspecified atom stereocenters. The number of hydrogen-bond donors (Lipinski definition) is 4. The smallest absolute Gasteiger partial charge is 0.326 e. The van der Waals surface area contributed by atoms with Crippen molar-refractivity contribution in [1.29, 1.82) is 0 Å². The van der Waals surface area contributed by atoms with E-state index in [1.165, 1.54) is 30.3 Å². The van der Waals surface area contributed by atoms with Crippen molar-refractivity contribution in [2.24, 2.45) is 0 Å². The second kappa shape index (κ2) is 8.37. The van der Waals surface area contributed by atoms with Gasteiger partial charge in [0.25, 0.3) is 5.56 Å². The van der Waals surface area contributed by atoms with E-state index in [1.54, 1.807) is 0 Å². The Balaban J connectivity index is 1.63. The van der Waals surface area contributed by atoms with E-state index in [1.807, 2.05) is 0 Å². The Kier molecular flexibility index (Phi) is 5.58. The molecule has 1 aliphatic heterocycles. The molecule has 2 aromatic carbocycles. The molecule has 12 heteroatoms. The summed E-state index contributed by atoms with van der Waals surface area (Å²) in [5.41, 5.74) is -1.67. The summed E-state index contributed by atoms with van der Waals surface area (Å²) in [6.07, 6.45) is -4.91. The molecule has 33 heavy (non-hydrogen) atoms. The predicted octanol–water partition coefficient (Wildman–Crippen LogP) is 3.74. The Hall–Kier alpha value is -4.22. The van der Waals surface area contributed by atoms with Crippen molar-refractivity contribution in [2.45, 2.75) is 18.5 Å². The van der Waals surface area contributed by atoms with Crippen LogP contribution < -0.4 is 21.5 Å². The van der Waals surface area contributed by atoms with Gasteiger partial charge in [-0.2, -0.15) is 18.2 Å². The zero-order valence-corrected chi connectivity index (χ0v) is 16.6. The standard InChI is InChI=1S/C21H15F4N5O3/c22-11-4-2-6-13(8-11)26-18(32)14-9-15(31)28-17-16(14)19(33)30-20(29-17)27-12-5-1-3-10(7-12)21(23,24)25/h1-8,14H,9H2,(H,26,32)(H3,27,28,29,30,31,33). The summed E-state index contributed by atoms with van der Waals surface area (Å²) in [5.74, 6) is -3.55. The molecule has 2 heterocycles. The first-order valence-corrected chi connectivity index (χ1v) is 9.55. The minimum absolute atomic E-state index is 0.00421. The summed E-state index contributed by atoms with van der Waals surface area (Å²) < 4.78 is 52.2. The highest BCUT2D eigenvalue weighted by atomic mass is 19.4. The van der Waals surface area contributed by atoms with Crippen LogP contribution in [0.15, 0.2) is 53.3 Å². The lowest BCUT2D eigenvalue weighted by molar-refractivity contribution is -0.137. The molecule has 4 rings (SSSR count). The van der Waals surface area contributed by atoms with E-state index in [2.05, 4.69) is 25.9 Å². The maximum atomic E-state index is 13.4. The number of carbonyl (C=O) groups excluding carboxylic acids is 2. The van der Waals surface area contributed by atoms with Crippen LogP contribution in [-0.2, 0) is 15.8 Å². The minimum atomic E-state index is -4.56. The zero-order chi connectivity index (χ0) is 23.8. The maximum Gasteiger partial charge on any atom is 0.416 e. The fraction of sp³-hybridized carbons (Fsp3) is 0.143. The minimum Gasteiger partial charge on any atom is -0.326 e. The molecule has 8 nitrogen and oxygen atoms in total. The number of H-pyrrole nitrogens is 1. The number of nitrogens with one attached hydrogen (secondary N) is 4. The molecule has 1 aliphatic rings. The SMILES string of the molecule is O=C1CC(C(=O)Nc2cccc(F)c2)c2c(nc(Nc3cccc(C(F)(F)F)c3)[nH]c2=O)N1. The molecule has 1 aromatic heterocycles. The fourth-order valence-electron chi connectivity index (χ4n) is 3.36. The van der Waals surface area contributed by atoms with Gasteiger partial charge in [0.05, 0.1) is 17.0 Å². The number of benzene rings is 2. The number of fused-ring (bicyclic) bond motifs is 1. The summed E-state index contributed by atoms with van der Waals surface area (Å²) in [4.78, 5) is 44.0. The number of aromatic amines is 1. The summed E-state index contributed by atoms with van der Waals surface area (Å²) in [5, 5.41) is 7.40. The molecule has 0 fully saturated rings. The highest BCUT2D eigenvalue weighted by molar-refractivity contribution is 6.04. The van der Waals surface area contributed by atoms with Crippen molar-refractivity contribution in [1.82, 2.24) is 9.97 Å². The molecular formula is C21H15F4N5O3. The van der Waals surface area contributed by atoms with Gasteiger partial charge in [0.2, 0.25) is 17.8 Å². The summed E-state index contributed by atoms with van der Waals surface area (Å²) in [6.45, 7) is 0. The number of halogens is 4. The quantitative estimate of drug-likeness (QED) is 0.442. The van der Waals surface area contributed by atoms with Crippen LogP contribution in [0.5, 0.6) is 0 Å². The van der Waals surface area contributed by atoms with E-state index in [0.29, 0.717) is 0 Å². The maximum absolute atomic E-state index is 13.4. The van der Waals surface area contributed by atoms with Gasteiger partial charge in [-0.05, 0) is 36.4 Å². The molecule has 170 valence electrons. The van der Waals surface area contributed by atoms with Crippen LogP contribution >= 0.6 is 0 Å². The van der Waals surface area contributed by atoms with Gasteiger partial charge in [0.15, 0.2) is 0 Å². The van der Waals surface area contributed by atoms with E-state index in [-0.39, 0.29) is 35.1 Å². The van der Waals surface area contributed by atoms with Gasteiger partial charge in [-0.1, -0.05) is 12.1 Å². The topological polar surface area (TPSA) is 116 Å². The van der Waals surface area contributed by atoms with Gasteiger partial charge < -0.3 is 16.0 Å². The van der Waals surface area contributed by atoms with Crippen molar-refractivity contribution >= 4 is 35.0 Å². The zero-order valence-electron chi connectivity index (χ0n) is 16.6. The van der Waals surface area contributed by atoms with Crippen molar-refractivity contribution in [3.8, 4) is 0 Å². The van der Waals surface area contributed by atoms with Crippen molar-refractivity contribution in [3.05, 3.63) is 75.8 Å². The number of aromatic nitrogens is 2. The molecule has 0 bridgehead atoms. The van der Waals surface area contributed by atoms with E-state index in [0.717, 1.165) is 18.2 Å². The molecule has 2 amide bonds. The second-order valence-corrected chi connectivity index (χ2v) is 7.18. The van der Waals surface area contributed by atoms with Gasteiger partial charge in [-0.25, -0.2) is 4.39 Å². The van der Waals surface area contributed by atoms with E-state index < -0.39 is 40.8 Å². The molecule has 0 saturated heterocycles. The number of alkyl halides is 3. The van der Waals surface area contributed by atoms with Crippen molar-refractivity contribution in [3.63, 3.8) is 0 Å². The number of hydrogen-bond acceptors (Lipinski definition) is 5. The molecule has 0 saturated carbocycles. The summed E-state index contributed by atoms with van der Waals surface area (Å²) >= 11 is 0. The van der Waals surface area contributed by atoms with Gasteiger partial charge >= 0.3 is 6.18 Å². The third kappa shape index (κ3) is 4.84. The van der Waals surface area contributed by atoms with Crippen LogP contribution in [0, 0.1) is 5.82 Å². The molecule has 0 spiro atoms. The van der Waals surface area contributed by atoms with Crippen molar-refractivity contribution in [2.75, 3.05) is 16.0 Å². The lowest BCUT2D eigenvalue weighted by Gasteiger charge is -2.23. The summed E-state index contributed by atoms with van der Waals surface area (Å²) in [6, 6.07) is 9.31. The molecule has 0 aliphatic carbocycles. The molecule has 0 radical (unpaired) electrons. The van der Waals surface area contributed by atoms with Crippen LogP contribution in [0.3, 0.4) is 0 Å². The number of carbonyl (C=O) groups is 2. The highest BCUT2D eigenvalue weighted by Crippen LogP contribution is 2.32. The van der Waals surface area contributed by atoms with E-state index >= 15 is 0 Å². The third-order valence-electron chi connectivity index (χ3n) is 4.81. The van der Waals surface area contributed by atoms with Gasteiger partial charge in [-0.15, -0.1) is 0 Å². The van der Waals surface area contributed by atoms with Gasteiger partial charge in [-0.3, -0.25) is 19.4 Å². The van der Waals surface area contributed by atoms with Crippen LogP contribution in [-0.4, -0.2) is 21.8 Å². The number of rotatable bonds is 4. The Morgan fingerprint density at radius 1 is 1.06 bits per heavy atom. The average Bonchev–Trinajstić information content (AvgIpc) is 2.72. The number of amides is 2. The Bertz CT molecular complexity index is 1310. The first kappa shape index (κ1) is 22.0. The van der Waals surface area contributed by atoms with E-state index in [9.17, 15) is 31.9 Å². The Morgan fingerprint density at radius 3 is 2.52 bits per heavy atom. The Labute approximate surface area is 183 Å². The number of nitrogens with zero attached hydrogens (tertiary/aromatic N) is 1. The van der Waals surface area contributed by atoms with Gasteiger partial charge in [0.1, 0.15) is 11.6 Å². The lowest BCUT2D eigenvalue weighted by Crippen LogP contribution is -2.36.